The zero-order valence-electron chi connectivity index (χ0n) is 9.25. The molecule has 0 atom stereocenters. The highest BCUT2D eigenvalue weighted by molar-refractivity contribution is 6.79. The molecule has 14 heavy (non-hydrogen) atoms. The summed E-state index contributed by atoms with van der Waals surface area (Å²) in [6.45, 7) is 8.36. The number of hydrogen-bond donors (Lipinski definition) is 1. The number of ether oxygens (including phenoxy) is 1. The smallest absolute Gasteiger partial charge is 0.321 e. The van der Waals surface area contributed by atoms with E-state index in [2.05, 4.69) is 39.6 Å². The van der Waals surface area contributed by atoms with Crippen LogP contribution in [0.5, 0.6) is 6.01 Å². The molecule has 0 saturated heterocycles. The molecule has 0 radical (unpaired) electrons. The number of aryl methyl sites for hydroxylation is 1. The van der Waals surface area contributed by atoms with E-state index in [1.54, 1.807) is 7.11 Å². The summed E-state index contributed by atoms with van der Waals surface area (Å²) < 4.78 is 4.96. The fraction of sp³-hybridized carbons (Fsp3) is 0.625. The van der Waals surface area contributed by atoms with Crippen LogP contribution in [0, 0.1) is 6.92 Å². The van der Waals surface area contributed by atoms with Crippen molar-refractivity contribution in [2.24, 2.45) is 0 Å². The normalized spacial score (nSPS) is 11.2. The third kappa shape index (κ3) is 3.29. The fourth-order valence-corrected chi connectivity index (χ4v) is 1.72. The van der Waals surface area contributed by atoms with Crippen LogP contribution in [0.25, 0.3) is 0 Å². The highest BCUT2D eigenvalue weighted by Crippen LogP contribution is 2.10. The first-order valence-electron chi connectivity index (χ1n) is 4.45. The zero-order valence-corrected chi connectivity index (χ0v) is 10.2. The third-order valence-electron chi connectivity index (χ3n) is 1.40. The highest BCUT2D eigenvalue weighted by Gasteiger charge is 2.15. The Kier molecular flexibility index (Phi) is 3.05. The van der Waals surface area contributed by atoms with Gasteiger partial charge in [0, 0.05) is 0 Å². The molecule has 1 aromatic rings. The molecule has 0 aliphatic rings. The van der Waals surface area contributed by atoms with Crippen molar-refractivity contribution in [1.82, 2.24) is 15.0 Å². The Labute approximate surface area is 85.0 Å². The lowest BCUT2D eigenvalue weighted by atomic mass is 10.7. The Morgan fingerprint density at radius 3 is 2.29 bits per heavy atom. The molecule has 0 fully saturated rings. The second-order valence-corrected chi connectivity index (χ2v) is 8.82. The molecule has 0 saturated carbocycles. The minimum absolute atomic E-state index is 0.359. The first-order valence-corrected chi connectivity index (χ1v) is 7.95. The van der Waals surface area contributed by atoms with Gasteiger partial charge in [0.1, 0.15) is 14.1 Å². The Bertz CT molecular complexity index is 324. The van der Waals surface area contributed by atoms with Crippen molar-refractivity contribution in [2.75, 3.05) is 12.1 Å². The molecule has 1 N–H and O–H groups in total. The van der Waals surface area contributed by atoms with Gasteiger partial charge in [0.15, 0.2) is 0 Å². The van der Waals surface area contributed by atoms with Gasteiger partial charge in [0.2, 0.25) is 5.95 Å². The molecule has 0 spiro atoms. The van der Waals surface area contributed by atoms with Crippen molar-refractivity contribution in [1.29, 1.82) is 0 Å². The molecule has 1 aromatic heterocycles. The van der Waals surface area contributed by atoms with Gasteiger partial charge in [-0.1, -0.05) is 19.6 Å². The number of rotatable bonds is 3. The SMILES string of the molecule is COc1nc(C)nc(N[Si](C)(C)C)n1. The summed E-state index contributed by atoms with van der Waals surface area (Å²) in [6, 6.07) is 0.359. The molecule has 0 aliphatic heterocycles. The summed E-state index contributed by atoms with van der Waals surface area (Å²) in [6.07, 6.45) is 0. The number of methoxy groups -OCH3 is 1. The van der Waals surface area contributed by atoms with Gasteiger partial charge < -0.3 is 9.72 Å². The maximum atomic E-state index is 4.96. The van der Waals surface area contributed by atoms with Crippen molar-refractivity contribution in [3.8, 4) is 6.01 Å². The largest absolute Gasteiger partial charge is 0.467 e. The molecule has 0 amide bonds. The third-order valence-corrected chi connectivity index (χ3v) is 2.37. The van der Waals surface area contributed by atoms with E-state index in [1.165, 1.54) is 0 Å². The maximum Gasteiger partial charge on any atom is 0.321 e. The van der Waals surface area contributed by atoms with Crippen molar-refractivity contribution < 1.29 is 4.74 Å². The number of nitrogens with one attached hydrogen (secondary N) is 1. The topological polar surface area (TPSA) is 59.9 Å². The molecule has 5 nitrogen and oxygen atoms in total. The van der Waals surface area contributed by atoms with E-state index >= 15 is 0 Å². The van der Waals surface area contributed by atoms with Crippen LogP contribution in [0.3, 0.4) is 0 Å². The Hall–Kier alpha value is -1.17. The van der Waals surface area contributed by atoms with E-state index in [0.29, 0.717) is 17.8 Å². The lowest BCUT2D eigenvalue weighted by molar-refractivity contribution is 0.377. The number of aromatic nitrogens is 3. The van der Waals surface area contributed by atoms with Gasteiger partial charge in [-0.25, -0.2) is 0 Å². The van der Waals surface area contributed by atoms with Crippen LogP contribution in [-0.4, -0.2) is 30.3 Å². The molecular formula is C8H16N4OSi. The summed E-state index contributed by atoms with van der Waals surface area (Å²) in [7, 11) is 0.134. The average molecular weight is 212 g/mol. The molecule has 0 bridgehead atoms. The predicted molar refractivity (Wildman–Crippen MR) is 58.1 cm³/mol. The van der Waals surface area contributed by atoms with Crippen LogP contribution in [0.1, 0.15) is 5.82 Å². The molecule has 0 aromatic carbocycles. The summed E-state index contributed by atoms with van der Waals surface area (Å²) in [5.41, 5.74) is 0. The van der Waals surface area contributed by atoms with Crippen LogP contribution in [-0.2, 0) is 0 Å². The molecule has 78 valence electrons. The first kappa shape index (κ1) is 10.9. The van der Waals surface area contributed by atoms with E-state index in [4.69, 9.17) is 4.74 Å². The standard InChI is InChI=1S/C8H16N4OSi/c1-6-9-7(12-14(3,4)5)11-8(10-6)13-2/h1-5H3,(H,9,10,11,12). The molecule has 6 heteroatoms. The van der Waals surface area contributed by atoms with Crippen LogP contribution in [0.2, 0.25) is 19.6 Å². The second-order valence-electron chi connectivity index (χ2n) is 4.07. The van der Waals surface area contributed by atoms with Gasteiger partial charge in [-0.3, -0.25) is 0 Å². The van der Waals surface area contributed by atoms with Crippen LogP contribution >= 0.6 is 0 Å². The van der Waals surface area contributed by atoms with Gasteiger partial charge in [-0.15, -0.1) is 0 Å². The van der Waals surface area contributed by atoms with E-state index in [9.17, 15) is 0 Å². The molecule has 0 unspecified atom stereocenters. The Morgan fingerprint density at radius 1 is 1.14 bits per heavy atom. The fourth-order valence-electron chi connectivity index (χ4n) is 0.940. The molecule has 0 aliphatic carbocycles. The van der Waals surface area contributed by atoms with Gasteiger partial charge >= 0.3 is 6.01 Å². The molecule has 1 heterocycles. The van der Waals surface area contributed by atoms with E-state index < -0.39 is 8.24 Å². The van der Waals surface area contributed by atoms with Crippen molar-refractivity contribution in [3.63, 3.8) is 0 Å². The molecule has 1 rings (SSSR count). The second kappa shape index (κ2) is 3.91. The van der Waals surface area contributed by atoms with E-state index in [0.717, 1.165) is 0 Å². The number of hydrogen-bond acceptors (Lipinski definition) is 5. The van der Waals surface area contributed by atoms with Gasteiger partial charge in [-0.05, 0) is 6.92 Å². The lowest BCUT2D eigenvalue weighted by Gasteiger charge is -2.17. The van der Waals surface area contributed by atoms with Gasteiger partial charge in [0.05, 0.1) is 7.11 Å². The number of anilines is 1. The quantitative estimate of drug-likeness (QED) is 0.768. The van der Waals surface area contributed by atoms with Gasteiger partial charge in [-0.2, -0.15) is 15.0 Å². The van der Waals surface area contributed by atoms with E-state index in [-0.39, 0.29) is 0 Å². The summed E-state index contributed by atoms with van der Waals surface area (Å²) in [5, 5.41) is 0. The minimum atomic E-state index is -1.41. The Morgan fingerprint density at radius 2 is 1.79 bits per heavy atom. The Balaban J connectivity index is 2.92. The first-order chi connectivity index (χ1) is 6.40. The van der Waals surface area contributed by atoms with Crippen molar-refractivity contribution in [2.45, 2.75) is 26.6 Å². The van der Waals surface area contributed by atoms with Crippen molar-refractivity contribution >= 4 is 14.2 Å². The van der Waals surface area contributed by atoms with Gasteiger partial charge in [0.25, 0.3) is 0 Å². The van der Waals surface area contributed by atoms with Crippen LogP contribution in [0.15, 0.2) is 0 Å². The summed E-state index contributed by atoms with van der Waals surface area (Å²) >= 11 is 0. The summed E-state index contributed by atoms with van der Waals surface area (Å²) in [5.74, 6) is 1.27. The monoisotopic (exact) mass is 212 g/mol. The highest BCUT2D eigenvalue weighted by atomic mass is 28.3. The van der Waals surface area contributed by atoms with Crippen molar-refractivity contribution in [3.05, 3.63) is 5.82 Å². The lowest BCUT2D eigenvalue weighted by Crippen LogP contribution is -2.33. The summed E-state index contributed by atoms with van der Waals surface area (Å²) in [4.78, 5) is 15.6. The van der Waals surface area contributed by atoms with Crippen LogP contribution in [0.4, 0.5) is 5.95 Å². The zero-order chi connectivity index (χ0) is 10.8. The van der Waals surface area contributed by atoms with Crippen LogP contribution < -0.4 is 9.72 Å². The number of nitrogens with zero attached hydrogens (tertiary/aromatic N) is 3. The van der Waals surface area contributed by atoms with E-state index in [1.807, 2.05) is 6.92 Å². The average Bonchev–Trinajstić information content (AvgIpc) is 1.99. The minimum Gasteiger partial charge on any atom is -0.467 e. The molecular weight excluding hydrogens is 196 g/mol. The predicted octanol–water partition coefficient (Wildman–Crippen LogP) is 1.44. The maximum absolute atomic E-state index is 4.96.